The quantitative estimate of drug-likeness (QED) is 0.713. The van der Waals surface area contributed by atoms with Gasteiger partial charge in [0.05, 0.1) is 0 Å². The number of piperazine rings is 2. The third kappa shape index (κ3) is 5.43. The minimum absolute atomic E-state index is 0.212. The lowest BCUT2D eigenvalue weighted by atomic mass is 9.94. The fraction of sp³-hybridized carbons (Fsp3) is 0.952. The standard InChI is InChI=1S/C21H41N5O/c1-5-20(27)25-16-12-23(13-17-25)18-21(2,3)26-8-6-19(7-9-26)24-14-10-22(4)11-15-24/h19H,5-18H2,1-4H3. The van der Waals surface area contributed by atoms with E-state index in [2.05, 4.69) is 40.5 Å². The van der Waals surface area contributed by atoms with Gasteiger partial charge in [0.15, 0.2) is 0 Å². The molecule has 0 aliphatic carbocycles. The molecule has 0 saturated carbocycles. The number of likely N-dealkylation sites (N-methyl/N-ethyl adjacent to an activating group) is 1. The zero-order valence-electron chi connectivity index (χ0n) is 18.1. The molecule has 156 valence electrons. The molecule has 3 aliphatic heterocycles. The van der Waals surface area contributed by atoms with Crippen LogP contribution in [-0.2, 0) is 4.79 Å². The first-order valence-electron chi connectivity index (χ1n) is 11.1. The summed E-state index contributed by atoms with van der Waals surface area (Å²) in [6, 6.07) is 0.786. The van der Waals surface area contributed by atoms with Crippen LogP contribution >= 0.6 is 0 Å². The van der Waals surface area contributed by atoms with Gasteiger partial charge in [-0.15, -0.1) is 0 Å². The summed E-state index contributed by atoms with van der Waals surface area (Å²) >= 11 is 0. The van der Waals surface area contributed by atoms with Crippen molar-refractivity contribution in [2.45, 2.75) is 51.6 Å². The number of likely N-dealkylation sites (tertiary alicyclic amines) is 1. The summed E-state index contributed by atoms with van der Waals surface area (Å²) < 4.78 is 0. The van der Waals surface area contributed by atoms with E-state index in [4.69, 9.17) is 0 Å². The van der Waals surface area contributed by atoms with Gasteiger partial charge in [-0.05, 0) is 33.7 Å². The number of carbonyl (C=O) groups is 1. The van der Waals surface area contributed by atoms with E-state index in [0.717, 1.165) is 38.8 Å². The van der Waals surface area contributed by atoms with Crippen LogP contribution in [0.15, 0.2) is 0 Å². The number of rotatable bonds is 5. The second kappa shape index (κ2) is 9.21. The minimum Gasteiger partial charge on any atom is -0.340 e. The Morgan fingerprint density at radius 1 is 0.889 bits per heavy atom. The Morgan fingerprint density at radius 2 is 1.48 bits per heavy atom. The Kier molecular flexibility index (Phi) is 7.17. The van der Waals surface area contributed by atoms with Gasteiger partial charge in [-0.25, -0.2) is 0 Å². The first-order valence-corrected chi connectivity index (χ1v) is 11.1. The molecule has 27 heavy (non-hydrogen) atoms. The van der Waals surface area contributed by atoms with Crippen molar-refractivity contribution in [3.8, 4) is 0 Å². The first kappa shape index (κ1) is 21.0. The van der Waals surface area contributed by atoms with E-state index in [0.29, 0.717) is 12.3 Å². The molecule has 3 rings (SSSR count). The lowest BCUT2D eigenvalue weighted by molar-refractivity contribution is -0.132. The molecule has 3 aliphatic rings. The van der Waals surface area contributed by atoms with Crippen LogP contribution < -0.4 is 0 Å². The van der Waals surface area contributed by atoms with Gasteiger partial charge in [-0.3, -0.25) is 19.5 Å². The van der Waals surface area contributed by atoms with E-state index in [1.807, 2.05) is 11.8 Å². The highest BCUT2D eigenvalue weighted by molar-refractivity contribution is 5.75. The summed E-state index contributed by atoms with van der Waals surface area (Å²) in [6.07, 6.45) is 3.26. The Bertz CT molecular complexity index is 473. The van der Waals surface area contributed by atoms with Gasteiger partial charge in [0.2, 0.25) is 5.91 Å². The van der Waals surface area contributed by atoms with E-state index >= 15 is 0 Å². The van der Waals surface area contributed by atoms with Gasteiger partial charge in [-0.1, -0.05) is 6.92 Å². The van der Waals surface area contributed by atoms with E-state index in [1.165, 1.54) is 52.1 Å². The molecule has 0 bridgehead atoms. The molecule has 0 spiro atoms. The van der Waals surface area contributed by atoms with Crippen LogP contribution in [0.4, 0.5) is 0 Å². The second-order valence-corrected chi connectivity index (χ2v) is 9.38. The molecule has 0 aromatic rings. The number of amides is 1. The van der Waals surface area contributed by atoms with Crippen LogP contribution in [-0.4, -0.2) is 121 Å². The summed E-state index contributed by atoms with van der Waals surface area (Å²) in [5.74, 6) is 0.305. The molecule has 0 atom stereocenters. The summed E-state index contributed by atoms with van der Waals surface area (Å²) in [5.41, 5.74) is 0.212. The maximum Gasteiger partial charge on any atom is 0.222 e. The average molecular weight is 380 g/mol. The van der Waals surface area contributed by atoms with Gasteiger partial charge in [0, 0.05) is 90.0 Å². The van der Waals surface area contributed by atoms with Crippen LogP contribution in [0.1, 0.15) is 40.0 Å². The van der Waals surface area contributed by atoms with Crippen LogP contribution in [0.25, 0.3) is 0 Å². The second-order valence-electron chi connectivity index (χ2n) is 9.38. The highest BCUT2D eigenvalue weighted by Gasteiger charge is 2.35. The van der Waals surface area contributed by atoms with Gasteiger partial charge in [0.25, 0.3) is 0 Å². The molecule has 0 radical (unpaired) electrons. The number of hydrogen-bond acceptors (Lipinski definition) is 5. The molecule has 3 saturated heterocycles. The highest BCUT2D eigenvalue weighted by atomic mass is 16.2. The summed E-state index contributed by atoms with van der Waals surface area (Å²) in [4.78, 5) is 24.4. The van der Waals surface area contributed by atoms with Crippen molar-refractivity contribution in [1.29, 1.82) is 0 Å². The molecular formula is C21H41N5O. The van der Waals surface area contributed by atoms with Crippen LogP contribution in [0.2, 0.25) is 0 Å². The highest BCUT2D eigenvalue weighted by Crippen LogP contribution is 2.25. The van der Waals surface area contributed by atoms with Crippen molar-refractivity contribution in [3.05, 3.63) is 0 Å². The molecule has 6 heteroatoms. The van der Waals surface area contributed by atoms with Crippen molar-refractivity contribution in [2.24, 2.45) is 0 Å². The van der Waals surface area contributed by atoms with Gasteiger partial charge in [0.1, 0.15) is 0 Å². The zero-order valence-corrected chi connectivity index (χ0v) is 18.1. The van der Waals surface area contributed by atoms with Crippen molar-refractivity contribution < 1.29 is 4.79 Å². The number of hydrogen-bond donors (Lipinski definition) is 0. The van der Waals surface area contributed by atoms with Crippen LogP contribution in [0, 0.1) is 0 Å². The Morgan fingerprint density at radius 3 is 2.04 bits per heavy atom. The molecule has 6 nitrogen and oxygen atoms in total. The third-order valence-electron chi connectivity index (χ3n) is 7.01. The number of nitrogens with zero attached hydrogens (tertiary/aromatic N) is 5. The fourth-order valence-electron chi connectivity index (χ4n) is 5.05. The van der Waals surface area contributed by atoms with Crippen molar-refractivity contribution >= 4 is 5.91 Å². The van der Waals surface area contributed by atoms with Gasteiger partial charge in [-0.2, -0.15) is 0 Å². The summed E-state index contributed by atoms with van der Waals surface area (Å²) in [7, 11) is 2.24. The van der Waals surface area contributed by atoms with E-state index in [-0.39, 0.29) is 5.54 Å². The molecule has 3 heterocycles. The number of carbonyl (C=O) groups excluding carboxylic acids is 1. The average Bonchev–Trinajstić information content (AvgIpc) is 2.68. The van der Waals surface area contributed by atoms with Crippen LogP contribution in [0.3, 0.4) is 0 Å². The smallest absolute Gasteiger partial charge is 0.222 e. The molecule has 0 aromatic carbocycles. The number of piperidine rings is 1. The minimum atomic E-state index is 0.212. The summed E-state index contributed by atoms with van der Waals surface area (Å²) in [5, 5.41) is 0. The molecule has 0 unspecified atom stereocenters. The molecular weight excluding hydrogens is 338 g/mol. The maximum atomic E-state index is 11.9. The lowest BCUT2D eigenvalue weighted by Crippen LogP contribution is -2.59. The van der Waals surface area contributed by atoms with Crippen LogP contribution in [0.5, 0.6) is 0 Å². The Labute approximate surface area is 166 Å². The predicted octanol–water partition coefficient (Wildman–Crippen LogP) is 1.03. The normalized spacial score (nSPS) is 25.9. The molecule has 1 amide bonds. The van der Waals surface area contributed by atoms with E-state index in [1.54, 1.807) is 0 Å². The van der Waals surface area contributed by atoms with Crippen molar-refractivity contribution in [3.63, 3.8) is 0 Å². The lowest BCUT2D eigenvalue weighted by Gasteiger charge is -2.48. The van der Waals surface area contributed by atoms with E-state index < -0.39 is 0 Å². The zero-order chi connectivity index (χ0) is 19.4. The molecule has 0 aromatic heterocycles. The summed E-state index contributed by atoms with van der Waals surface area (Å²) in [6.45, 7) is 19.1. The Balaban J connectivity index is 1.42. The SMILES string of the molecule is CCC(=O)N1CCN(CC(C)(C)N2CCC(N3CCN(C)CC3)CC2)CC1. The maximum absolute atomic E-state index is 11.9. The van der Waals surface area contributed by atoms with Crippen molar-refractivity contribution in [1.82, 2.24) is 24.5 Å². The van der Waals surface area contributed by atoms with Gasteiger partial charge >= 0.3 is 0 Å². The Hall–Kier alpha value is -0.690. The van der Waals surface area contributed by atoms with E-state index in [9.17, 15) is 4.79 Å². The monoisotopic (exact) mass is 379 g/mol. The first-order chi connectivity index (χ1) is 12.9. The van der Waals surface area contributed by atoms with Gasteiger partial charge < -0.3 is 9.80 Å². The third-order valence-corrected chi connectivity index (χ3v) is 7.01. The molecule has 0 N–H and O–H groups in total. The largest absolute Gasteiger partial charge is 0.340 e. The topological polar surface area (TPSA) is 33.3 Å². The van der Waals surface area contributed by atoms with Crippen molar-refractivity contribution in [2.75, 3.05) is 79.0 Å². The molecule has 3 fully saturated rings. The predicted molar refractivity (Wildman–Crippen MR) is 111 cm³/mol. The fourth-order valence-corrected chi connectivity index (χ4v) is 5.05.